The fourth-order valence-corrected chi connectivity index (χ4v) is 1.86. The first-order valence-corrected chi connectivity index (χ1v) is 6.77. The van der Waals surface area contributed by atoms with Crippen LogP contribution in [0, 0.1) is 21.8 Å². The Morgan fingerprint density at radius 1 is 1.35 bits per heavy atom. The fourth-order valence-electron chi connectivity index (χ4n) is 1.86. The van der Waals surface area contributed by atoms with E-state index in [1.807, 2.05) is 0 Å². The molecule has 0 aliphatic heterocycles. The van der Waals surface area contributed by atoms with Crippen LogP contribution < -0.4 is 10.1 Å². The Morgan fingerprint density at radius 3 is 2.78 bits per heavy atom. The number of rotatable bonds is 5. The number of aromatic nitrogens is 2. The predicted molar refractivity (Wildman–Crippen MR) is 76.5 cm³/mol. The van der Waals surface area contributed by atoms with E-state index in [4.69, 9.17) is 4.74 Å². The zero-order valence-electron chi connectivity index (χ0n) is 11.7. The molecule has 0 bridgehead atoms. The molecule has 0 atom stereocenters. The molecule has 1 aliphatic rings. The van der Waals surface area contributed by atoms with Crippen LogP contribution in [-0.2, 0) is 4.79 Å². The molecule has 2 aromatic rings. The van der Waals surface area contributed by atoms with Gasteiger partial charge in [-0.25, -0.2) is 9.97 Å². The molecule has 0 radical (unpaired) electrons. The zero-order valence-corrected chi connectivity index (χ0v) is 11.7. The van der Waals surface area contributed by atoms with Crippen LogP contribution in [0.1, 0.15) is 12.8 Å². The molecule has 118 valence electrons. The number of nitrogens with zero attached hydrogens (tertiary/aromatic N) is 3. The number of anilines is 1. The molecule has 1 amide bonds. The lowest BCUT2D eigenvalue weighted by atomic mass is 10.3. The molecule has 0 saturated heterocycles. The smallest absolute Gasteiger partial charge is 0.305 e. The van der Waals surface area contributed by atoms with Crippen molar-refractivity contribution in [2.75, 3.05) is 5.32 Å². The molecule has 1 aromatic carbocycles. The molecule has 23 heavy (non-hydrogen) atoms. The molecule has 8 nitrogen and oxygen atoms in total. The third-order valence-electron chi connectivity index (χ3n) is 3.18. The minimum atomic E-state index is -1.01. The van der Waals surface area contributed by atoms with E-state index in [0.717, 1.165) is 25.0 Å². The van der Waals surface area contributed by atoms with Gasteiger partial charge in [0.15, 0.2) is 0 Å². The molecule has 1 aliphatic carbocycles. The second-order valence-corrected chi connectivity index (χ2v) is 4.98. The SMILES string of the molecule is O=C(Nc1cc(Oc2ccc([N+](=O)[O-])c(F)c2)ncn1)C1CC1. The molecule has 0 spiro atoms. The molecular formula is C14H11FN4O4. The normalized spacial score (nSPS) is 13.4. The van der Waals surface area contributed by atoms with Gasteiger partial charge in [0.1, 0.15) is 17.9 Å². The summed E-state index contributed by atoms with van der Waals surface area (Å²) in [5, 5.41) is 13.2. The molecule has 1 saturated carbocycles. The largest absolute Gasteiger partial charge is 0.439 e. The average molecular weight is 318 g/mol. The molecule has 1 aromatic heterocycles. The lowest BCUT2D eigenvalue weighted by Gasteiger charge is -2.07. The van der Waals surface area contributed by atoms with Gasteiger partial charge in [-0.1, -0.05) is 0 Å². The topological polar surface area (TPSA) is 107 Å². The van der Waals surface area contributed by atoms with Crippen molar-refractivity contribution in [2.45, 2.75) is 12.8 Å². The number of carbonyl (C=O) groups is 1. The van der Waals surface area contributed by atoms with Crippen molar-refractivity contribution in [2.24, 2.45) is 5.92 Å². The Labute approximate surface area is 129 Å². The third kappa shape index (κ3) is 3.57. The van der Waals surface area contributed by atoms with Crippen molar-refractivity contribution < 1.29 is 18.8 Å². The van der Waals surface area contributed by atoms with E-state index in [9.17, 15) is 19.3 Å². The Morgan fingerprint density at radius 2 is 2.13 bits per heavy atom. The standard InChI is InChI=1S/C14H11FN4O4/c15-10-5-9(3-4-11(10)19(21)22)23-13-6-12(16-7-17-13)18-14(20)8-1-2-8/h3-8H,1-2H2,(H,16,17,18,20). The van der Waals surface area contributed by atoms with E-state index < -0.39 is 16.4 Å². The van der Waals surface area contributed by atoms with Crippen LogP contribution in [-0.4, -0.2) is 20.8 Å². The van der Waals surface area contributed by atoms with Crippen LogP contribution in [0.3, 0.4) is 0 Å². The number of nitro groups is 1. The second kappa shape index (κ2) is 5.95. The van der Waals surface area contributed by atoms with Crippen molar-refractivity contribution in [1.82, 2.24) is 9.97 Å². The summed E-state index contributed by atoms with van der Waals surface area (Å²) in [7, 11) is 0. The molecule has 3 rings (SSSR count). The highest BCUT2D eigenvalue weighted by Gasteiger charge is 2.29. The van der Waals surface area contributed by atoms with Gasteiger partial charge in [0, 0.05) is 24.1 Å². The quantitative estimate of drug-likeness (QED) is 0.671. The highest BCUT2D eigenvalue weighted by molar-refractivity contribution is 5.93. The van der Waals surface area contributed by atoms with Gasteiger partial charge in [-0.2, -0.15) is 4.39 Å². The van der Waals surface area contributed by atoms with Gasteiger partial charge in [0.2, 0.25) is 17.6 Å². The van der Waals surface area contributed by atoms with Crippen LogP contribution in [0.15, 0.2) is 30.6 Å². The van der Waals surface area contributed by atoms with E-state index in [0.29, 0.717) is 0 Å². The minimum Gasteiger partial charge on any atom is -0.439 e. The number of hydrogen-bond acceptors (Lipinski definition) is 6. The summed E-state index contributed by atoms with van der Waals surface area (Å²) in [6, 6.07) is 4.54. The zero-order chi connectivity index (χ0) is 16.4. The molecular weight excluding hydrogens is 307 g/mol. The van der Waals surface area contributed by atoms with Crippen LogP contribution in [0.4, 0.5) is 15.9 Å². The summed E-state index contributed by atoms with van der Waals surface area (Å²) < 4.78 is 18.9. The van der Waals surface area contributed by atoms with Crippen molar-refractivity contribution in [3.8, 4) is 11.6 Å². The first kappa shape index (κ1) is 14.8. The highest BCUT2D eigenvalue weighted by atomic mass is 19.1. The maximum absolute atomic E-state index is 13.5. The molecule has 1 N–H and O–H groups in total. The number of carbonyl (C=O) groups excluding carboxylic acids is 1. The van der Waals surface area contributed by atoms with Gasteiger partial charge < -0.3 is 10.1 Å². The summed E-state index contributed by atoms with van der Waals surface area (Å²) in [5.74, 6) is -0.696. The number of hydrogen-bond donors (Lipinski definition) is 1. The molecule has 1 fully saturated rings. The first-order valence-electron chi connectivity index (χ1n) is 6.77. The lowest BCUT2D eigenvalue weighted by molar-refractivity contribution is -0.387. The van der Waals surface area contributed by atoms with Crippen molar-refractivity contribution in [1.29, 1.82) is 0 Å². The number of nitrogens with one attached hydrogen (secondary N) is 1. The lowest BCUT2D eigenvalue weighted by Crippen LogP contribution is -2.14. The van der Waals surface area contributed by atoms with Gasteiger partial charge in [0.05, 0.1) is 4.92 Å². The van der Waals surface area contributed by atoms with Gasteiger partial charge >= 0.3 is 5.69 Å². The maximum atomic E-state index is 13.5. The van der Waals surface area contributed by atoms with Gasteiger partial charge in [0.25, 0.3) is 0 Å². The van der Waals surface area contributed by atoms with Gasteiger partial charge in [-0.15, -0.1) is 0 Å². The number of halogens is 1. The Hall–Kier alpha value is -3.10. The molecule has 9 heteroatoms. The summed E-state index contributed by atoms with van der Waals surface area (Å²) in [4.78, 5) is 29.2. The summed E-state index contributed by atoms with van der Waals surface area (Å²) >= 11 is 0. The first-order chi connectivity index (χ1) is 11.0. The third-order valence-corrected chi connectivity index (χ3v) is 3.18. The summed E-state index contributed by atoms with van der Waals surface area (Å²) in [5.41, 5.74) is -0.641. The van der Waals surface area contributed by atoms with Crippen molar-refractivity contribution in [3.05, 3.63) is 46.5 Å². The van der Waals surface area contributed by atoms with Crippen LogP contribution >= 0.6 is 0 Å². The van der Waals surface area contributed by atoms with Crippen molar-refractivity contribution in [3.63, 3.8) is 0 Å². The monoisotopic (exact) mass is 318 g/mol. The van der Waals surface area contributed by atoms with Crippen LogP contribution in [0.2, 0.25) is 0 Å². The molecule has 0 unspecified atom stereocenters. The minimum absolute atomic E-state index is 0.0260. The Kier molecular flexibility index (Phi) is 3.83. The predicted octanol–water partition coefficient (Wildman–Crippen LogP) is 2.66. The highest BCUT2D eigenvalue weighted by Crippen LogP contribution is 2.30. The van der Waals surface area contributed by atoms with Crippen LogP contribution in [0.5, 0.6) is 11.6 Å². The summed E-state index contributed by atoms with van der Waals surface area (Å²) in [6.45, 7) is 0. The van der Waals surface area contributed by atoms with Crippen molar-refractivity contribution >= 4 is 17.4 Å². The van der Waals surface area contributed by atoms with E-state index in [1.165, 1.54) is 18.5 Å². The van der Waals surface area contributed by atoms with Gasteiger partial charge in [-0.3, -0.25) is 14.9 Å². The Balaban J connectivity index is 1.73. The number of ether oxygens (including phenoxy) is 1. The Bertz CT molecular complexity index is 779. The average Bonchev–Trinajstić information content (AvgIpc) is 3.32. The number of amides is 1. The van der Waals surface area contributed by atoms with E-state index in [2.05, 4.69) is 15.3 Å². The summed E-state index contributed by atoms with van der Waals surface area (Å²) in [6.07, 6.45) is 2.92. The number of nitro benzene ring substituents is 1. The fraction of sp³-hybridized carbons (Fsp3) is 0.214. The van der Waals surface area contributed by atoms with E-state index in [-0.39, 0.29) is 29.3 Å². The molecule has 1 heterocycles. The van der Waals surface area contributed by atoms with E-state index >= 15 is 0 Å². The van der Waals surface area contributed by atoms with Crippen LogP contribution in [0.25, 0.3) is 0 Å². The van der Waals surface area contributed by atoms with Gasteiger partial charge in [-0.05, 0) is 18.9 Å². The second-order valence-electron chi connectivity index (χ2n) is 4.98. The number of benzene rings is 1. The maximum Gasteiger partial charge on any atom is 0.305 e. The van der Waals surface area contributed by atoms with E-state index in [1.54, 1.807) is 0 Å².